The van der Waals surface area contributed by atoms with Gasteiger partial charge in [-0.3, -0.25) is 0 Å². The van der Waals surface area contributed by atoms with Crippen LogP contribution in [0.15, 0.2) is 42.5 Å². The lowest BCUT2D eigenvalue weighted by atomic mass is 10.1. The molecule has 0 radical (unpaired) electrons. The molecule has 0 aliphatic heterocycles. The third-order valence-electron chi connectivity index (χ3n) is 2.33. The van der Waals surface area contributed by atoms with Crippen molar-refractivity contribution in [3.8, 4) is 0 Å². The van der Waals surface area contributed by atoms with Crippen molar-refractivity contribution in [2.24, 2.45) is 0 Å². The van der Waals surface area contributed by atoms with E-state index in [4.69, 9.17) is 23.2 Å². The quantitative estimate of drug-likeness (QED) is 0.645. The average molecular weight is 363 g/mol. The minimum atomic E-state index is 0.737. The van der Waals surface area contributed by atoms with Crippen molar-refractivity contribution in [1.29, 1.82) is 0 Å². The molecule has 0 aliphatic carbocycles. The first-order chi connectivity index (χ1) is 7.66. The summed E-state index contributed by atoms with van der Waals surface area (Å²) in [5.41, 5.74) is 2.21. The zero-order valence-electron chi connectivity index (χ0n) is 8.38. The molecule has 0 amide bonds. The first-order valence-corrected chi connectivity index (χ1v) is 6.67. The summed E-state index contributed by atoms with van der Waals surface area (Å²) in [5, 5.41) is 1.47. The Kier molecular flexibility index (Phi) is 4.11. The average Bonchev–Trinajstić information content (AvgIpc) is 2.25. The van der Waals surface area contributed by atoms with E-state index in [1.807, 2.05) is 30.3 Å². The lowest BCUT2D eigenvalue weighted by Crippen LogP contribution is -1.91. The van der Waals surface area contributed by atoms with E-state index in [0.29, 0.717) is 0 Å². The van der Waals surface area contributed by atoms with Gasteiger partial charge >= 0.3 is 0 Å². The van der Waals surface area contributed by atoms with Crippen LogP contribution in [0.5, 0.6) is 0 Å². The molecular formula is C13H9Cl2I. The smallest absolute Gasteiger partial charge is 0.0466 e. The third-order valence-corrected chi connectivity index (χ3v) is 3.63. The largest absolute Gasteiger partial charge is 0.0839 e. The van der Waals surface area contributed by atoms with Gasteiger partial charge in [0.15, 0.2) is 0 Å². The molecule has 0 atom stereocenters. The predicted molar refractivity (Wildman–Crippen MR) is 78.4 cm³/mol. The lowest BCUT2D eigenvalue weighted by molar-refractivity contribution is 1.19. The Balaban J connectivity index is 2.35. The minimum Gasteiger partial charge on any atom is -0.0839 e. The summed E-state index contributed by atoms with van der Waals surface area (Å²) in [7, 11) is 0. The molecule has 2 aromatic carbocycles. The number of hydrogen-bond donors (Lipinski definition) is 0. The van der Waals surface area contributed by atoms with Crippen LogP contribution in [0.25, 0.3) is 0 Å². The highest BCUT2D eigenvalue weighted by atomic mass is 127. The van der Waals surface area contributed by atoms with E-state index in [9.17, 15) is 0 Å². The zero-order valence-corrected chi connectivity index (χ0v) is 12.1. The Bertz CT molecular complexity index is 472. The summed E-state index contributed by atoms with van der Waals surface area (Å²) < 4.78 is 1.06. The highest BCUT2D eigenvalue weighted by Crippen LogP contribution is 2.29. The molecule has 0 N–H and O–H groups in total. The van der Waals surface area contributed by atoms with Gasteiger partial charge in [0.25, 0.3) is 0 Å². The molecule has 0 bridgehead atoms. The molecule has 2 rings (SSSR count). The van der Waals surface area contributed by atoms with Gasteiger partial charge in [0.2, 0.25) is 0 Å². The summed E-state index contributed by atoms with van der Waals surface area (Å²) in [5.74, 6) is 0. The fourth-order valence-corrected chi connectivity index (χ4v) is 3.15. The number of halogens is 3. The number of benzene rings is 2. The van der Waals surface area contributed by atoms with E-state index >= 15 is 0 Å². The summed E-state index contributed by atoms with van der Waals surface area (Å²) in [4.78, 5) is 0. The number of rotatable bonds is 2. The van der Waals surface area contributed by atoms with Crippen LogP contribution in [0.3, 0.4) is 0 Å². The van der Waals surface area contributed by atoms with Gasteiger partial charge < -0.3 is 0 Å². The van der Waals surface area contributed by atoms with E-state index in [2.05, 4.69) is 34.7 Å². The maximum Gasteiger partial charge on any atom is 0.0466 e. The zero-order chi connectivity index (χ0) is 11.5. The Morgan fingerprint density at radius 3 is 2.06 bits per heavy atom. The van der Waals surface area contributed by atoms with E-state index < -0.39 is 0 Å². The SMILES string of the molecule is Clc1cc(I)cc(Cl)c1Cc1ccccc1. The van der Waals surface area contributed by atoms with Crippen LogP contribution in [0.1, 0.15) is 11.1 Å². The fraction of sp³-hybridized carbons (Fsp3) is 0.0769. The van der Waals surface area contributed by atoms with Gasteiger partial charge in [0, 0.05) is 20.0 Å². The highest BCUT2D eigenvalue weighted by molar-refractivity contribution is 14.1. The molecule has 0 aliphatic rings. The summed E-state index contributed by atoms with van der Waals surface area (Å²) in [6.07, 6.45) is 0.773. The Morgan fingerprint density at radius 2 is 1.50 bits per heavy atom. The normalized spacial score (nSPS) is 10.4. The Labute approximate surface area is 119 Å². The van der Waals surface area contributed by atoms with Crippen LogP contribution in [0, 0.1) is 3.57 Å². The molecule has 0 heterocycles. The molecule has 16 heavy (non-hydrogen) atoms. The van der Waals surface area contributed by atoms with Gasteiger partial charge in [0.1, 0.15) is 0 Å². The van der Waals surface area contributed by atoms with Gasteiger partial charge in [-0.1, -0.05) is 53.5 Å². The van der Waals surface area contributed by atoms with Crippen molar-refractivity contribution in [2.45, 2.75) is 6.42 Å². The van der Waals surface area contributed by atoms with E-state index in [0.717, 1.165) is 25.6 Å². The van der Waals surface area contributed by atoms with Crippen molar-refractivity contribution < 1.29 is 0 Å². The standard InChI is InChI=1S/C13H9Cl2I/c14-12-7-10(16)8-13(15)11(12)6-9-4-2-1-3-5-9/h1-5,7-8H,6H2. The third kappa shape index (κ3) is 2.90. The van der Waals surface area contributed by atoms with Gasteiger partial charge in [-0.25, -0.2) is 0 Å². The van der Waals surface area contributed by atoms with E-state index in [1.54, 1.807) is 0 Å². The second kappa shape index (κ2) is 5.39. The van der Waals surface area contributed by atoms with Crippen LogP contribution in [0.2, 0.25) is 10.0 Å². The van der Waals surface area contributed by atoms with Gasteiger partial charge in [-0.15, -0.1) is 0 Å². The predicted octanol–water partition coefficient (Wildman–Crippen LogP) is 5.19. The van der Waals surface area contributed by atoms with Crippen LogP contribution in [0.4, 0.5) is 0 Å². The molecule has 0 aromatic heterocycles. The molecule has 0 fully saturated rings. The molecule has 0 saturated heterocycles. The van der Waals surface area contributed by atoms with Gasteiger partial charge in [-0.2, -0.15) is 0 Å². The van der Waals surface area contributed by atoms with Crippen LogP contribution >= 0.6 is 45.8 Å². The second-order valence-corrected chi connectivity index (χ2v) is 5.57. The van der Waals surface area contributed by atoms with Crippen LogP contribution < -0.4 is 0 Å². The molecule has 0 unspecified atom stereocenters. The van der Waals surface area contributed by atoms with Crippen LogP contribution in [-0.4, -0.2) is 0 Å². The Hall–Kier alpha value is -0.250. The second-order valence-electron chi connectivity index (χ2n) is 3.51. The van der Waals surface area contributed by atoms with Crippen molar-refractivity contribution in [2.75, 3.05) is 0 Å². The molecule has 3 heteroatoms. The van der Waals surface area contributed by atoms with Crippen molar-refractivity contribution in [1.82, 2.24) is 0 Å². The Morgan fingerprint density at radius 1 is 0.938 bits per heavy atom. The summed E-state index contributed by atoms with van der Waals surface area (Å²) in [6, 6.07) is 14.1. The van der Waals surface area contributed by atoms with E-state index in [-0.39, 0.29) is 0 Å². The molecule has 0 saturated carbocycles. The molecule has 0 nitrogen and oxygen atoms in total. The first kappa shape index (κ1) is 12.2. The van der Waals surface area contributed by atoms with E-state index in [1.165, 1.54) is 5.56 Å². The summed E-state index contributed by atoms with van der Waals surface area (Å²) >= 11 is 14.6. The fourth-order valence-electron chi connectivity index (χ4n) is 1.54. The highest BCUT2D eigenvalue weighted by Gasteiger charge is 2.07. The lowest BCUT2D eigenvalue weighted by Gasteiger charge is -2.07. The minimum absolute atomic E-state index is 0.737. The maximum atomic E-state index is 6.20. The van der Waals surface area contributed by atoms with Crippen LogP contribution in [-0.2, 0) is 6.42 Å². The maximum absolute atomic E-state index is 6.20. The molecular weight excluding hydrogens is 354 g/mol. The monoisotopic (exact) mass is 362 g/mol. The van der Waals surface area contributed by atoms with Crippen molar-refractivity contribution in [3.63, 3.8) is 0 Å². The number of hydrogen-bond acceptors (Lipinski definition) is 0. The molecule has 2 aromatic rings. The first-order valence-electron chi connectivity index (χ1n) is 4.84. The van der Waals surface area contributed by atoms with Gasteiger partial charge in [-0.05, 0) is 45.9 Å². The van der Waals surface area contributed by atoms with Crippen molar-refractivity contribution >= 4 is 45.8 Å². The topological polar surface area (TPSA) is 0 Å². The molecule has 0 spiro atoms. The summed E-state index contributed by atoms with van der Waals surface area (Å²) in [6.45, 7) is 0. The van der Waals surface area contributed by atoms with Crippen molar-refractivity contribution in [3.05, 3.63) is 67.2 Å². The van der Waals surface area contributed by atoms with Gasteiger partial charge in [0.05, 0.1) is 0 Å². The molecule has 82 valence electrons.